The fourth-order valence-electron chi connectivity index (χ4n) is 3.75. The smallest absolute Gasteiger partial charge is 0.269 e. The molecule has 25 heavy (non-hydrogen) atoms. The van der Waals surface area contributed by atoms with Gasteiger partial charge in [-0.25, -0.2) is 0 Å². The maximum Gasteiger partial charge on any atom is 0.269 e. The molecular formula is C20H24N4O. The van der Waals surface area contributed by atoms with Gasteiger partial charge in [0, 0.05) is 35.9 Å². The molecule has 1 aliphatic rings. The van der Waals surface area contributed by atoms with E-state index >= 15 is 0 Å². The summed E-state index contributed by atoms with van der Waals surface area (Å²) in [4.78, 5) is 16.0. The second-order valence-corrected chi connectivity index (χ2v) is 6.79. The summed E-state index contributed by atoms with van der Waals surface area (Å²) in [6, 6.07) is 8.22. The van der Waals surface area contributed by atoms with Crippen LogP contribution in [0.4, 0.5) is 0 Å². The summed E-state index contributed by atoms with van der Waals surface area (Å²) < 4.78 is 1.76. The zero-order chi connectivity index (χ0) is 17.2. The molecule has 0 fully saturated rings. The number of amides is 1. The van der Waals surface area contributed by atoms with E-state index in [1.165, 1.54) is 35.0 Å². The Kier molecular flexibility index (Phi) is 4.30. The molecule has 0 saturated carbocycles. The van der Waals surface area contributed by atoms with Crippen LogP contribution in [-0.2, 0) is 25.9 Å². The predicted molar refractivity (Wildman–Crippen MR) is 98.6 cm³/mol. The van der Waals surface area contributed by atoms with Crippen LogP contribution < -0.4 is 5.32 Å². The number of aromatic nitrogens is 3. The SMILES string of the molecule is CCCn1nccc1C(=O)NCc1ccc2[nH]c3c(c2c1)CCCC3. The van der Waals surface area contributed by atoms with E-state index in [1.807, 2.05) is 0 Å². The third kappa shape index (κ3) is 3.06. The van der Waals surface area contributed by atoms with Crippen LogP contribution in [0.15, 0.2) is 30.5 Å². The van der Waals surface area contributed by atoms with E-state index in [-0.39, 0.29) is 5.91 Å². The van der Waals surface area contributed by atoms with Crippen LogP contribution in [0.25, 0.3) is 10.9 Å². The number of fused-ring (bicyclic) bond motifs is 3. The Morgan fingerprint density at radius 2 is 2.16 bits per heavy atom. The third-order valence-electron chi connectivity index (χ3n) is 5.00. The van der Waals surface area contributed by atoms with Gasteiger partial charge in [-0.3, -0.25) is 9.48 Å². The molecular weight excluding hydrogens is 312 g/mol. The number of nitrogens with one attached hydrogen (secondary N) is 2. The summed E-state index contributed by atoms with van der Waals surface area (Å²) in [6.07, 6.45) is 7.48. The summed E-state index contributed by atoms with van der Waals surface area (Å²) >= 11 is 0. The highest BCUT2D eigenvalue weighted by molar-refractivity contribution is 5.92. The summed E-state index contributed by atoms with van der Waals surface area (Å²) in [5, 5.41) is 8.56. The number of hydrogen-bond donors (Lipinski definition) is 2. The molecule has 0 bridgehead atoms. The average Bonchev–Trinajstić information content (AvgIpc) is 3.24. The maximum absolute atomic E-state index is 12.4. The van der Waals surface area contributed by atoms with Crippen LogP contribution in [-0.4, -0.2) is 20.7 Å². The first kappa shape index (κ1) is 15.9. The Morgan fingerprint density at radius 1 is 1.28 bits per heavy atom. The molecule has 0 spiro atoms. The van der Waals surface area contributed by atoms with Crippen LogP contribution in [0.3, 0.4) is 0 Å². The van der Waals surface area contributed by atoms with E-state index in [0.717, 1.165) is 31.4 Å². The van der Waals surface area contributed by atoms with Gasteiger partial charge in [-0.15, -0.1) is 0 Å². The number of carbonyl (C=O) groups excluding carboxylic acids is 1. The zero-order valence-electron chi connectivity index (χ0n) is 14.6. The molecule has 0 aliphatic heterocycles. The van der Waals surface area contributed by atoms with Crippen LogP contribution in [0.1, 0.15) is 53.5 Å². The number of H-pyrrole nitrogens is 1. The third-order valence-corrected chi connectivity index (χ3v) is 5.00. The lowest BCUT2D eigenvalue weighted by Gasteiger charge is -2.11. The van der Waals surface area contributed by atoms with Crippen LogP contribution in [0.2, 0.25) is 0 Å². The number of carbonyl (C=O) groups is 1. The molecule has 2 aromatic heterocycles. The molecule has 3 aromatic rings. The van der Waals surface area contributed by atoms with Gasteiger partial charge in [0.2, 0.25) is 0 Å². The molecule has 5 heteroatoms. The summed E-state index contributed by atoms with van der Waals surface area (Å²) in [6.45, 7) is 3.37. The van der Waals surface area contributed by atoms with Gasteiger partial charge in [-0.2, -0.15) is 5.10 Å². The second kappa shape index (κ2) is 6.75. The lowest BCUT2D eigenvalue weighted by Crippen LogP contribution is -2.25. The minimum atomic E-state index is -0.0675. The largest absolute Gasteiger partial charge is 0.358 e. The van der Waals surface area contributed by atoms with Crippen molar-refractivity contribution < 1.29 is 4.79 Å². The van der Waals surface area contributed by atoms with E-state index in [0.29, 0.717) is 12.2 Å². The van der Waals surface area contributed by atoms with Crippen molar-refractivity contribution in [3.63, 3.8) is 0 Å². The van der Waals surface area contributed by atoms with Gasteiger partial charge in [-0.1, -0.05) is 13.0 Å². The van der Waals surface area contributed by atoms with Crippen LogP contribution in [0, 0.1) is 0 Å². The first-order valence-corrected chi connectivity index (χ1v) is 9.18. The van der Waals surface area contributed by atoms with Crippen molar-refractivity contribution in [1.82, 2.24) is 20.1 Å². The van der Waals surface area contributed by atoms with Crippen molar-refractivity contribution in [3.05, 3.63) is 53.0 Å². The molecule has 5 nitrogen and oxygen atoms in total. The van der Waals surface area contributed by atoms with Gasteiger partial charge in [0.1, 0.15) is 5.69 Å². The standard InChI is InChI=1S/C20H24N4O/c1-2-11-24-19(9-10-22-24)20(25)21-13-14-7-8-18-16(12-14)15-5-3-4-6-17(15)23-18/h7-10,12,23H,2-6,11,13H2,1H3,(H,21,25). The van der Waals surface area contributed by atoms with E-state index in [1.54, 1.807) is 16.9 Å². The van der Waals surface area contributed by atoms with Gasteiger partial charge in [0.25, 0.3) is 5.91 Å². The average molecular weight is 336 g/mol. The topological polar surface area (TPSA) is 62.7 Å². The molecule has 2 heterocycles. The highest BCUT2D eigenvalue weighted by Crippen LogP contribution is 2.29. The Morgan fingerprint density at radius 3 is 3.04 bits per heavy atom. The van der Waals surface area contributed by atoms with E-state index in [4.69, 9.17) is 0 Å². The molecule has 0 radical (unpaired) electrons. The lowest BCUT2D eigenvalue weighted by atomic mass is 9.95. The first-order valence-electron chi connectivity index (χ1n) is 9.18. The Balaban J connectivity index is 1.51. The lowest BCUT2D eigenvalue weighted by molar-refractivity contribution is 0.0940. The van der Waals surface area contributed by atoms with Crippen molar-refractivity contribution in [2.75, 3.05) is 0 Å². The molecule has 0 unspecified atom stereocenters. The van der Waals surface area contributed by atoms with E-state index in [2.05, 4.69) is 40.5 Å². The monoisotopic (exact) mass is 336 g/mol. The van der Waals surface area contributed by atoms with E-state index < -0.39 is 0 Å². The summed E-state index contributed by atoms with van der Waals surface area (Å²) in [5.74, 6) is -0.0675. The number of aromatic amines is 1. The number of nitrogens with zero attached hydrogens (tertiary/aromatic N) is 2. The molecule has 0 saturated heterocycles. The Bertz CT molecular complexity index is 906. The van der Waals surface area contributed by atoms with Gasteiger partial charge < -0.3 is 10.3 Å². The minimum absolute atomic E-state index is 0.0675. The van der Waals surface area contributed by atoms with Gasteiger partial charge in [0.05, 0.1) is 0 Å². The molecule has 1 aliphatic carbocycles. The normalized spacial score (nSPS) is 13.8. The predicted octanol–water partition coefficient (Wildman–Crippen LogP) is 3.58. The van der Waals surface area contributed by atoms with Crippen LogP contribution in [0.5, 0.6) is 0 Å². The van der Waals surface area contributed by atoms with Gasteiger partial charge in [0.15, 0.2) is 0 Å². The van der Waals surface area contributed by atoms with Crippen molar-refractivity contribution in [2.45, 2.75) is 52.1 Å². The van der Waals surface area contributed by atoms with E-state index in [9.17, 15) is 4.79 Å². The molecule has 1 amide bonds. The zero-order valence-corrected chi connectivity index (χ0v) is 14.6. The Labute approximate surface area is 147 Å². The van der Waals surface area contributed by atoms with Crippen molar-refractivity contribution in [3.8, 4) is 0 Å². The van der Waals surface area contributed by atoms with Crippen molar-refractivity contribution in [2.24, 2.45) is 0 Å². The minimum Gasteiger partial charge on any atom is -0.358 e. The maximum atomic E-state index is 12.4. The number of benzene rings is 1. The molecule has 4 rings (SSSR count). The summed E-state index contributed by atoms with van der Waals surface area (Å²) in [5.41, 5.74) is 5.83. The highest BCUT2D eigenvalue weighted by atomic mass is 16.2. The van der Waals surface area contributed by atoms with Crippen molar-refractivity contribution >= 4 is 16.8 Å². The second-order valence-electron chi connectivity index (χ2n) is 6.79. The molecule has 0 atom stereocenters. The molecule has 2 N–H and O–H groups in total. The fraction of sp³-hybridized carbons (Fsp3) is 0.400. The fourth-order valence-corrected chi connectivity index (χ4v) is 3.75. The number of rotatable bonds is 5. The van der Waals surface area contributed by atoms with Crippen LogP contribution >= 0.6 is 0 Å². The Hall–Kier alpha value is -2.56. The number of hydrogen-bond acceptors (Lipinski definition) is 2. The number of aryl methyl sites for hydroxylation is 3. The first-order chi connectivity index (χ1) is 12.3. The summed E-state index contributed by atoms with van der Waals surface area (Å²) in [7, 11) is 0. The van der Waals surface area contributed by atoms with Crippen molar-refractivity contribution in [1.29, 1.82) is 0 Å². The highest BCUT2D eigenvalue weighted by Gasteiger charge is 2.16. The quantitative estimate of drug-likeness (QED) is 0.748. The van der Waals surface area contributed by atoms with Gasteiger partial charge in [-0.05, 0) is 61.4 Å². The molecule has 130 valence electrons. The molecule has 1 aromatic carbocycles. The van der Waals surface area contributed by atoms with Gasteiger partial charge >= 0.3 is 0 Å².